The van der Waals surface area contributed by atoms with Gasteiger partial charge in [0.1, 0.15) is 17.3 Å². The second-order valence-electron chi connectivity index (χ2n) is 11.0. The molecule has 1 aromatic carbocycles. The van der Waals surface area contributed by atoms with Gasteiger partial charge in [-0.1, -0.05) is 23.7 Å². The number of benzene rings is 1. The number of anilines is 2. The second kappa shape index (κ2) is 11.6. The summed E-state index contributed by atoms with van der Waals surface area (Å²) in [5, 5.41) is 3.42. The van der Waals surface area contributed by atoms with Crippen LogP contribution in [0.1, 0.15) is 41.7 Å². The molecule has 2 aromatic heterocycles. The summed E-state index contributed by atoms with van der Waals surface area (Å²) in [6.45, 7) is 5.83. The summed E-state index contributed by atoms with van der Waals surface area (Å²) in [4.78, 5) is 29.2. The molecule has 4 aliphatic rings. The number of likely N-dealkylation sites (tertiary alicyclic amines) is 1. The average molecular weight is 549 g/mol. The molecule has 2 bridgehead atoms. The molecule has 1 amide bonds. The Balaban J connectivity index is 1.08. The van der Waals surface area contributed by atoms with E-state index in [1.54, 1.807) is 36.7 Å². The van der Waals surface area contributed by atoms with Gasteiger partial charge in [0.2, 0.25) is 0 Å². The molecule has 9 heteroatoms. The monoisotopic (exact) mass is 548 g/mol. The van der Waals surface area contributed by atoms with E-state index in [-0.39, 0.29) is 11.7 Å². The first-order valence-corrected chi connectivity index (χ1v) is 14.2. The third-order valence-electron chi connectivity index (χ3n) is 8.42. The zero-order chi connectivity index (χ0) is 26.8. The first-order chi connectivity index (χ1) is 19.0. The molecule has 3 aromatic rings. The zero-order valence-electron chi connectivity index (χ0n) is 22.0. The van der Waals surface area contributed by atoms with Crippen molar-refractivity contribution in [3.63, 3.8) is 0 Å². The van der Waals surface area contributed by atoms with Crippen LogP contribution in [0.3, 0.4) is 0 Å². The molecule has 6 heterocycles. The van der Waals surface area contributed by atoms with Crippen LogP contribution in [0.4, 0.5) is 15.9 Å². The number of rotatable bonds is 6. The van der Waals surface area contributed by atoms with E-state index < -0.39 is 0 Å². The molecule has 1 N–H and O–H groups in total. The van der Waals surface area contributed by atoms with Gasteiger partial charge in [-0.05, 0) is 86.7 Å². The van der Waals surface area contributed by atoms with Crippen LogP contribution in [0.2, 0.25) is 5.02 Å². The Hall–Kier alpha value is -3.07. The lowest BCUT2D eigenvalue weighted by Gasteiger charge is -2.45. The van der Waals surface area contributed by atoms with Crippen LogP contribution >= 0.6 is 11.6 Å². The number of hydrogen-bond donors (Lipinski definition) is 1. The second-order valence-corrected chi connectivity index (χ2v) is 11.4. The number of pyridine rings is 2. The Kier molecular flexibility index (Phi) is 7.77. The Labute approximate surface area is 234 Å². The highest BCUT2D eigenvalue weighted by Crippen LogP contribution is 2.34. The van der Waals surface area contributed by atoms with Gasteiger partial charge < -0.3 is 10.2 Å². The van der Waals surface area contributed by atoms with E-state index in [2.05, 4.69) is 25.0 Å². The van der Waals surface area contributed by atoms with E-state index in [1.165, 1.54) is 25.0 Å². The van der Waals surface area contributed by atoms with E-state index in [9.17, 15) is 9.18 Å². The molecule has 4 fully saturated rings. The first-order valence-electron chi connectivity index (χ1n) is 13.9. The topological polar surface area (TPSA) is 64.6 Å². The van der Waals surface area contributed by atoms with E-state index in [4.69, 9.17) is 16.6 Å². The average Bonchev–Trinajstić information content (AvgIpc) is 3.28. The van der Waals surface area contributed by atoms with Crippen LogP contribution in [0.25, 0.3) is 0 Å². The van der Waals surface area contributed by atoms with Gasteiger partial charge in [-0.15, -0.1) is 0 Å². The van der Waals surface area contributed by atoms with Crippen LogP contribution in [-0.2, 0) is 6.54 Å². The third kappa shape index (κ3) is 6.08. The van der Waals surface area contributed by atoms with Crippen LogP contribution in [0.15, 0.2) is 60.9 Å². The van der Waals surface area contributed by atoms with Crippen molar-refractivity contribution in [2.24, 2.45) is 5.92 Å². The van der Waals surface area contributed by atoms with Gasteiger partial charge in [-0.3, -0.25) is 19.6 Å². The summed E-state index contributed by atoms with van der Waals surface area (Å²) in [5.74, 6) is 0.969. The van der Waals surface area contributed by atoms with Crippen molar-refractivity contribution in [2.75, 3.05) is 42.9 Å². The highest BCUT2D eigenvalue weighted by Gasteiger charge is 2.39. The fourth-order valence-corrected chi connectivity index (χ4v) is 6.64. The number of piperidine rings is 2. The van der Waals surface area contributed by atoms with Gasteiger partial charge >= 0.3 is 0 Å². The molecule has 204 valence electrons. The maximum atomic E-state index is 13.4. The fourth-order valence-electron chi connectivity index (χ4n) is 6.41. The minimum atomic E-state index is -0.289. The van der Waals surface area contributed by atoms with E-state index in [0.29, 0.717) is 34.4 Å². The zero-order valence-corrected chi connectivity index (χ0v) is 22.7. The van der Waals surface area contributed by atoms with Crippen molar-refractivity contribution in [3.05, 3.63) is 83.0 Å². The molecule has 7 nitrogen and oxygen atoms in total. The first kappa shape index (κ1) is 26.2. The Morgan fingerprint density at radius 2 is 1.79 bits per heavy atom. The molecule has 4 saturated heterocycles. The van der Waals surface area contributed by atoms with Crippen molar-refractivity contribution >= 4 is 29.0 Å². The summed E-state index contributed by atoms with van der Waals surface area (Å²) in [7, 11) is 0. The van der Waals surface area contributed by atoms with E-state index in [0.717, 1.165) is 63.5 Å². The summed E-state index contributed by atoms with van der Waals surface area (Å²) < 4.78 is 13.4. The molecule has 39 heavy (non-hydrogen) atoms. The Morgan fingerprint density at radius 3 is 2.59 bits per heavy atom. The summed E-state index contributed by atoms with van der Waals surface area (Å²) >= 11 is 6.28. The fraction of sp³-hybridized carbons (Fsp3) is 0.433. The number of nitrogens with zero attached hydrogens (tertiary/aromatic N) is 5. The number of fused-ring (bicyclic) bond motifs is 4. The number of carbonyl (C=O) groups excluding carboxylic acids is 1. The lowest BCUT2D eigenvalue weighted by molar-refractivity contribution is 0.0425. The summed E-state index contributed by atoms with van der Waals surface area (Å²) in [5.41, 5.74) is 2.12. The van der Waals surface area contributed by atoms with Crippen molar-refractivity contribution < 1.29 is 9.18 Å². The predicted molar refractivity (Wildman–Crippen MR) is 152 cm³/mol. The standard InChI is InChI=1S/C30H34ClFN6O/c31-27-16-23(32)6-5-22(27)19-36-14-10-25(11-15-36)38-18-21-4-7-26(38)20-37(17-21)29-3-1-2-28(35-29)30(39)34-24-8-12-33-13-9-24/h1-3,5-6,8-9,12-13,16,21,25-26H,4,7,10-11,14-15,17-20H2,(H,33,34,39). The van der Waals surface area contributed by atoms with Gasteiger partial charge in [-0.25, -0.2) is 9.37 Å². The van der Waals surface area contributed by atoms with Crippen molar-refractivity contribution in [2.45, 2.75) is 44.3 Å². The van der Waals surface area contributed by atoms with Crippen molar-refractivity contribution in [1.29, 1.82) is 0 Å². The molecule has 0 spiro atoms. The lowest BCUT2D eigenvalue weighted by atomic mass is 9.91. The number of carbonyl (C=O) groups is 1. The molecule has 7 rings (SSSR count). The Bertz CT molecular complexity index is 1300. The highest BCUT2D eigenvalue weighted by atomic mass is 35.5. The molecule has 2 unspecified atom stereocenters. The molecule has 4 aliphatic heterocycles. The van der Waals surface area contributed by atoms with Crippen LogP contribution in [-0.4, -0.2) is 70.5 Å². The number of halogens is 2. The predicted octanol–water partition coefficient (Wildman–Crippen LogP) is 5.09. The van der Waals surface area contributed by atoms with Gasteiger partial charge in [0, 0.05) is 61.4 Å². The number of amides is 1. The number of aromatic nitrogens is 2. The molecule has 0 saturated carbocycles. The van der Waals surface area contributed by atoms with E-state index in [1.807, 2.05) is 12.1 Å². The lowest BCUT2D eigenvalue weighted by Crippen LogP contribution is -2.53. The number of nitrogens with one attached hydrogen (secondary N) is 1. The molecule has 0 aliphatic carbocycles. The summed E-state index contributed by atoms with van der Waals surface area (Å²) in [6, 6.07) is 15.0. The van der Waals surface area contributed by atoms with Crippen LogP contribution in [0, 0.1) is 11.7 Å². The highest BCUT2D eigenvalue weighted by molar-refractivity contribution is 6.31. The molecule has 0 radical (unpaired) electrons. The van der Waals surface area contributed by atoms with Gasteiger partial charge in [0.05, 0.1) is 0 Å². The minimum absolute atomic E-state index is 0.212. The third-order valence-corrected chi connectivity index (χ3v) is 8.77. The molecular weight excluding hydrogens is 515 g/mol. The van der Waals surface area contributed by atoms with Crippen molar-refractivity contribution in [3.8, 4) is 0 Å². The van der Waals surface area contributed by atoms with Crippen molar-refractivity contribution in [1.82, 2.24) is 19.8 Å². The number of hydrogen-bond acceptors (Lipinski definition) is 6. The SMILES string of the molecule is O=C(Nc1ccncc1)c1cccc(N2CC3CCC(C2)N(C2CCN(Cc4ccc(F)cc4Cl)CC2)C3)n1. The molecule has 2 atom stereocenters. The maximum Gasteiger partial charge on any atom is 0.274 e. The van der Waals surface area contributed by atoms with E-state index >= 15 is 0 Å². The largest absolute Gasteiger partial charge is 0.355 e. The summed E-state index contributed by atoms with van der Waals surface area (Å²) in [6.07, 6.45) is 8.01. The quantitative estimate of drug-likeness (QED) is 0.463. The smallest absolute Gasteiger partial charge is 0.274 e. The minimum Gasteiger partial charge on any atom is -0.355 e. The van der Waals surface area contributed by atoms with Crippen LogP contribution in [0.5, 0.6) is 0 Å². The van der Waals surface area contributed by atoms with Crippen LogP contribution < -0.4 is 10.2 Å². The van der Waals surface area contributed by atoms with Gasteiger partial charge in [0.15, 0.2) is 0 Å². The Morgan fingerprint density at radius 1 is 0.974 bits per heavy atom. The normalized spacial score (nSPS) is 22.6. The van der Waals surface area contributed by atoms with Gasteiger partial charge in [0.25, 0.3) is 5.91 Å². The molecular formula is C30H34ClFN6O. The maximum absolute atomic E-state index is 13.4. The van der Waals surface area contributed by atoms with Gasteiger partial charge in [-0.2, -0.15) is 0 Å².